The summed E-state index contributed by atoms with van der Waals surface area (Å²) in [4.78, 5) is 27.2. The van der Waals surface area contributed by atoms with Crippen molar-refractivity contribution < 1.29 is 14.0 Å². The van der Waals surface area contributed by atoms with Crippen LogP contribution in [-0.2, 0) is 7.05 Å². The largest absolute Gasteiger partial charge is 0.450 e. The Kier molecular flexibility index (Phi) is 5.37. The first-order chi connectivity index (χ1) is 14.3. The number of nitrogens with one attached hydrogen (secondary N) is 1. The second-order valence-electron chi connectivity index (χ2n) is 8.31. The highest BCUT2D eigenvalue weighted by Gasteiger charge is 2.28. The minimum Gasteiger partial charge on any atom is -0.450 e. The van der Waals surface area contributed by atoms with E-state index in [1.54, 1.807) is 24.1 Å². The number of likely N-dealkylation sites (tertiary alicyclic amines) is 1. The Morgan fingerprint density at radius 2 is 1.87 bits per heavy atom. The van der Waals surface area contributed by atoms with E-state index < -0.39 is 0 Å². The van der Waals surface area contributed by atoms with E-state index in [4.69, 9.17) is 4.42 Å². The van der Waals surface area contributed by atoms with E-state index in [2.05, 4.69) is 16.5 Å². The molecular formula is C23H28N4O3. The zero-order valence-corrected chi connectivity index (χ0v) is 18.0. The number of benzene rings is 1. The van der Waals surface area contributed by atoms with Crippen molar-refractivity contribution in [3.63, 3.8) is 0 Å². The lowest BCUT2D eigenvalue weighted by Crippen LogP contribution is -2.41. The fraction of sp³-hybridized carbons (Fsp3) is 0.435. The van der Waals surface area contributed by atoms with Gasteiger partial charge in [-0.1, -0.05) is 12.1 Å². The van der Waals surface area contributed by atoms with Gasteiger partial charge in [0, 0.05) is 43.8 Å². The molecule has 7 nitrogen and oxygen atoms in total. The first kappa shape index (κ1) is 20.2. The van der Waals surface area contributed by atoms with Crippen molar-refractivity contribution in [2.45, 2.75) is 33.6 Å². The van der Waals surface area contributed by atoms with Gasteiger partial charge in [0.05, 0.1) is 11.8 Å². The summed E-state index contributed by atoms with van der Waals surface area (Å²) in [6, 6.07) is 4.10. The first-order valence-electron chi connectivity index (χ1n) is 10.4. The number of aromatic nitrogens is 2. The van der Waals surface area contributed by atoms with Crippen molar-refractivity contribution >= 4 is 22.8 Å². The number of piperidine rings is 1. The fourth-order valence-electron chi connectivity index (χ4n) is 4.24. The molecule has 3 aromatic rings. The highest BCUT2D eigenvalue weighted by atomic mass is 16.3. The number of hydrogen-bond acceptors (Lipinski definition) is 4. The van der Waals surface area contributed by atoms with Crippen LogP contribution in [0.3, 0.4) is 0 Å². The van der Waals surface area contributed by atoms with Crippen molar-refractivity contribution in [2.75, 3.05) is 19.6 Å². The van der Waals surface area contributed by atoms with E-state index in [0.717, 1.165) is 40.5 Å². The van der Waals surface area contributed by atoms with E-state index in [9.17, 15) is 9.59 Å². The molecule has 0 radical (unpaired) electrons. The summed E-state index contributed by atoms with van der Waals surface area (Å²) in [6.07, 6.45) is 4.98. The molecule has 1 aliphatic rings. The number of furan rings is 1. The normalized spacial score (nSPS) is 15.0. The van der Waals surface area contributed by atoms with Gasteiger partial charge in [0.2, 0.25) is 0 Å². The molecule has 0 atom stereocenters. The van der Waals surface area contributed by atoms with Crippen LogP contribution in [0.25, 0.3) is 11.0 Å². The number of amides is 2. The van der Waals surface area contributed by atoms with Crippen LogP contribution >= 0.6 is 0 Å². The summed E-state index contributed by atoms with van der Waals surface area (Å²) in [6.45, 7) is 7.96. The second-order valence-corrected chi connectivity index (χ2v) is 8.31. The summed E-state index contributed by atoms with van der Waals surface area (Å²) < 4.78 is 7.64. The topological polar surface area (TPSA) is 80.4 Å². The van der Waals surface area contributed by atoms with E-state index >= 15 is 0 Å². The van der Waals surface area contributed by atoms with Gasteiger partial charge in [0.1, 0.15) is 5.58 Å². The van der Waals surface area contributed by atoms with Crippen molar-refractivity contribution in [1.82, 2.24) is 20.0 Å². The molecule has 1 N–H and O–H groups in total. The number of carbonyl (C=O) groups excluding carboxylic acids is 2. The molecule has 1 saturated heterocycles. The molecule has 158 valence electrons. The molecule has 0 saturated carbocycles. The molecular weight excluding hydrogens is 380 g/mol. The van der Waals surface area contributed by atoms with E-state index in [0.29, 0.717) is 36.9 Å². The van der Waals surface area contributed by atoms with Crippen LogP contribution in [-0.4, -0.2) is 46.1 Å². The molecule has 4 rings (SSSR count). The van der Waals surface area contributed by atoms with Crippen LogP contribution in [0.15, 0.2) is 28.9 Å². The molecule has 1 aromatic carbocycles. The average Bonchev–Trinajstić information content (AvgIpc) is 3.33. The van der Waals surface area contributed by atoms with E-state index in [1.165, 1.54) is 0 Å². The van der Waals surface area contributed by atoms with E-state index in [1.807, 2.05) is 31.7 Å². The van der Waals surface area contributed by atoms with Crippen LogP contribution in [0.4, 0.5) is 0 Å². The molecule has 0 aliphatic carbocycles. The molecule has 1 aliphatic heterocycles. The molecule has 2 amide bonds. The highest BCUT2D eigenvalue weighted by Crippen LogP contribution is 2.32. The monoisotopic (exact) mass is 408 g/mol. The summed E-state index contributed by atoms with van der Waals surface area (Å²) in [5.41, 5.74) is 4.46. The molecule has 0 bridgehead atoms. The Bertz CT molecular complexity index is 1100. The van der Waals surface area contributed by atoms with Crippen LogP contribution in [0.1, 0.15) is 50.4 Å². The fourth-order valence-corrected chi connectivity index (χ4v) is 4.24. The molecule has 7 heteroatoms. The minimum atomic E-state index is -0.106. The smallest absolute Gasteiger partial charge is 0.289 e. The van der Waals surface area contributed by atoms with Gasteiger partial charge in [-0.15, -0.1) is 0 Å². The predicted molar refractivity (Wildman–Crippen MR) is 115 cm³/mol. The molecule has 1 fully saturated rings. The minimum absolute atomic E-state index is 0.0413. The van der Waals surface area contributed by atoms with E-state index in [-0.39, 0.29) is 11.8 Å². The Labute approximate surface area is 176 Å². The number of aryl methyl sites for hydroxylation is 4. The molecule has 2 aromatic heterocycles. The number of carbonyl (C=O) groups is 2. The van der Waals surface area contributed by atoms with Crippen LogP contribution < -0.4 is 5.32 Å². The number of rotatable bonds is 4. The van der Waals surface area contributed by atoms with Gasteiger partial charge in [-0.05, 0) is 50.7 Å². The quantitative estimate of drug-likeness (QED) is 0.718. The lowest BCUT2D eigenvalue weighted by Gasteiger charge is -2.31. The maximum Gasteiger partial charge on any atom is 0.289 e. The third-order valence-electron chi connectivity index (χ3n) is 6.10. The Balaban J connectivity index is 1.37. The number of hydrogen-bond donors (Lipinski definition) is 1. The lowest BCUT2D eigenvalue weighted by atomic mass is 9.96. The number of fused-ring (bicyclic) bond motifs is 1. The summed E-state index contributed by atoms with van der Waals surface area (Å²) >= 11 is 0. The molecule has 3 heterocycles. The van der Waals surface area contributed by atoms with Crippen molar-refractivity contribution in [3.8, 4) is 0 Å². The van der Waals surface area contributed by atoms with Crippen LogP contribution in [0, 0.1) is 26.7 Å². The maximum absolute atomic E-state index is 13.1. The number of nitrogens with zero attached hydrogens (tertiary/aromatic N) is 3. The molecule has 0 unspecified atom stereocenters. The van der Waals surface area contributed by atoms with Crippen molar-refractivity contribution in [2.24, 2.45) is 13.0 Å². The second kappa shape index (κ2) is 7.97. The van der Waals surface area contributed by atoms with Crippen LogP contribution in [0.2, 0.25) is 0 Å². The summed E-state index contributed by atoms with van der Waals surface area (Å²) in [7, 11) is 1.79. The van der Waals surface area contributed by atoms with Crippen molar-refractivity contribution in [3.05, 3.63) is 52.5 Å². The van der Waals surface area contributed by atoms with Gasteiger partial charge in [-0.25, -0.2) is 0 Å². The van der Waals surface area contributed by atoms with Gasteiger partial charge >= 0.3 is 0 Å². The Hall–Kier alpha value is -3.09. The highest BCUT2D eigenvalue weighted by molar-refractivity contribution is 6.00. The van der Waals surface area contributed by atoms with Gasteiger partial charge in [-0.2, -0.15) is 5.10 Å². The summed E-state index contributed by atoms with van der Waals surface area (Å²) in [5.74, 6) is 0.659. The third kappa shape index (κ3) is 3.72. The predicted octanol–water partition coefficient (Wildman–Crippen LogP) is 3.37. The SMILES string of the molecule is Cc1ccc(C)c2c(C)c(C(=O)N3CCC(CNC(=O)c4cnn(C)c4)CC3)oc12. The third-order valence-corrected chi connectivity index (χ3v) is 6.10. The standard InChI is InChI=1S/C23H28N4O3/c1-14-5-6-15(2)20-19(14)16(3)21(30-20)23(29)27-9-7-17(8-10-27)11-24-22(28)18-12-25-26(4)13-18/h5-6,12-13,17H,7-11H2,1-4H3,(H,24,28). The van der Waals surface area contributed by atoms with Gasteiger partial charge in [-0.3, -0.25) is 14.3 Å². The van der Waals surface area contributed by atoms with Gasteiger partial charge in [0.15, 0.2) is 5.76 Å². The summed E-state index contributed by atoms with van der Waals surface area (Å²) in [5, 5.41) is 8.06. The zero-order chi connectivity index (χ0) is 21.4. The van der Waals surface area contributed by atoms with Gasteiger partial charge < -0.3 is 14.6 Å². The molecule has 30 heavy (non-hydrogen) atoms. The Morgan fingerprint density at radius 3 is 2.50 bits per heavy atom. The Morgan fingerprint density at radius 1 is 1.17 bits per heavy atom. The lowest BCUT2D eigenvalue weighted by molar-refractivity contribution is 0.0654. The zero-order valence-electron chi connectivity index (χ0n) is 18.0. The van der Waals surface area contributed by atoms with Gasteiger partial charge in [0.25, 0.3) is 11.8 Å². The van der Waals surface area contributed by atoms with Crippen molar-refractivity contribution in [1.29, 1.82) is 0 Å². The van der Waals surface area contributed by atoms with Crippen LogP contribution in [0.5, 0.6) is 0 Å². The average molecular weight is 409 g/mol. The molecule has 0 spiro atoms. The maximum atomic E-state index is 13.1. The first-order valence-corrected chi connectivity index (χ1v) is 10.4.